The van der Waals surface area contributed by atoms with Crippen molar-refractivity contribution in [1.82, 2.24) is 0 Å². The summed E-state index contributed by atoms with van der Waals surface area (Å²) < 4.78 is 6.98. The number of hydrogen-bond donors (Lipinski definition) is 1. The Morgan fingerprint density at radius 2 is 2.29 bits per heavy atom. The Balaban J connectivity index is 3.08. The maximum absolute atomic E-state index is 8.69. The summed E-state index contributed by atoms with van der Waals surface area (Å²) in [4.78, 5) is 0. The lowest BCUT2D eigenvalue weighted by Crippen LogP contribution is -1.56. The predicted octanol–water partition coefficient (Wildman–Crippen LogP) is 1.39. The van der Waals surface area contributed by atoms with E-state index in [0.29, 0.717) is 6.04 Å². The lowest BCUT2D eigenvalue weighted by Gasteiger charge is -1.82. The van der Waals surface area contributed by atoms with Crippen molar-refractivity contribution < 1.29 is 6.48 Å². The minimum absolute atomic E-state index is 0.150. The van der Waals surface area contributed by atoms with Crippen molar-refractivity contribution in [3.8, 4) is 5.75 Å². The molecule has 36 valence electrons. The Kier molecular flexibility index (Phi) is 0.724. The number of rotatable bonds is 0. The smallest absolute Gasteiger partial charge is 0.115 e. The summed E-state index contributed by atoms with van der Waals surface area (Å²) in [6.07, 6.45) is 0. The summed E-state index contributed by atoms with van der Waals surface area (Å²) >= 11 is 0. The largest absolute Gasteiger partial charge is 0.508 e. The van der Waals surface area contributed by atoms with Crippen LogP contribution < -0.4 is 0 Å². The maximum atomic E-state index is 8.69. The molecule has 0 spiro atoms. The highest BCUT2D eigenvalue weighted by molar-refractivity contribution is 5.18. The monoisotopic (exact) mass is 96.1 g/mol. The van der Waals surface area contributed by atoms with Crippen LogP contribution in [0.3, 0.4) is 0 Å². The van der Waals surface area contributed by atoms with E-state index < -0.39 is 0 Å². The maximum Gasteiger partial charge on any atom is 0.115 e. The molecule has 0 saturated carbocycles. The van der Waals surface area contributed by atoms with Crippen molar-refractivity contribution in [3.63, 3.8) is 0 Å². The second-order valence-corrected chi connectivity index (χ2v) is 1.26. The molecule has 0 atom stereocenters. The van der Waals surface area contributed by atoms with Crippen LogP contribution >= 0.6 is 0 Å². The zero-order valence-electron chi connectivity index (χ0n) is 4.76. The van der Waals surface area contributed by atoms with Gasteiger partial charge < -0.3 is 5.11 Å². The minimum Gasteiger partial charge on any atom is -0.508 e. The third-order valence-corrected chi connectivity index (χ3v) is 0.691. The van der Waals surface area contributed by atoms with Crippen molar-refractivity contribution >= 4 is 0 Å². The van der Waals surface area contributed by atoms with Gasteiger partial charge in [-0.3, -0.25) is 0 Å². The fourth-order valence-corrected chi connectivity index (χ4v) is 0.384. The standard InChI is InChI=1S/C6H6O/c7-6-4-2-1-3-5-6/h1-5,7H/i2T. The number of phenolic OH excluding ortho intramolecular Hbond substituents is 1. The fourth-order valence-electron chi connectivity index (χ4n) is 0.384. The number of benzene rings is 1. The van der Waals surface area contributed by atoms with Crippen LogP contribution in [0.4, 0.5) is 0 Å². The van der Waals surface area contributed by atoms with Crippen LogP contribution in [-0.2, 0) is 0 Å². The first-order valence-electron chi connectivity index (χ1n) is 2.54. The summed E-state index contributed by atoms with van der Waals surface area (Å²) in [6.45, 7) is 0. The molecular weight excluding hydrogens is 88.1 g/mol. The van der Waals surface area contributed by atoms with Crippen LogP contribution in [0.15, 0.2) is 30.3 Å². The number of para-hydroxylation sites is 1. The Hall–Kier alpha value is -0.980. The Bertz CT molecular complexity index is 168. The number of phenols is 1. The van der Waals surface area contributed by atoms with Crippen LogP contribution in [-0.4, -0.2) is 5.11 Å². The average Bonchev–Trinajstić information content (AvgIpc) is 1.64. The lowest BCUT2D eigenvalue weighted by molar-refractivity contribution is 0.475. The van der Waals surface area contributed by atoms with Gasteiger partial charge in [0.2, 0.25) is 0 Å². The highest BCUT2D eigenvalue weighted by atomic mass is 16.3. The zero-order valence-corrected chi connectivity index (χ0v) is 3.76. The van der Waals surface area contributed by atoms with Gasteiger partial charge in [0.1, 0.15) is 5.75 Å². The second kappa shape index (κ2) is 1.65. The van der Waals surface area contributed by atoms with Crippen LogP contribution in [0.5, 0.6) is 5.75 Å². The van der Waals surface area contributed by atoms with Crippen LogP contribution in [0.25, 0.3) is 0 Å². The molecule has 0 amide bonds. The Labute approximate surface area is 43.6 Å². The van der Waals surface area contributed by atoms with E-state index in [4.69, 9.17) is 6.48 Å². The third-order valence-electron chi connectivity index (χ3n) is 0.691. The molecule has 0 saturated heterocycles. The van der Waals surface area contributed by atoms with Gasteiger partial charge in [-0.15, -0.1) is 0 Å². The van der Waals surface area contributed by atoms with E-state index in [1.165, 1.54) is 12.1 Å². The first-order chi connectivity index (χ1) is 3.79. The molecular formula is C6H6O. The molecule has 1 aromatic carbocycles. The molecule has 1 heteroatoms. The average molecular weight is 96.1 g/mol. The molecule has 1 aromatic rings. The topological polar surface area (TPSA) is 20.2 Å². The molecule has 0 aliphatic heterocycles. The van der Waals surface area contributed by atoms with Gasteiger partial charge in [0, 0.05) is 0 Å². The van der Waals surface area contributed by atoms with E-state index in [0.717, 1.165) is 0 Å². The van der Waals surface area contributed by atoms with Crippen molar-refractivity contribution in [3.05, 3.63) is 30.3 Å². The zero-order chi connectivity index (χ0) is 5.98. The van der Waals surface area contributed by atoms with Crippen molar-refractivity contribution in [2.45, 2.75) is 0 Å². The van der Waals surface area contributed by atoms with Gasteiger partial charge in [-0.1, -0.05) is 18.2 Å². The third kappa shape index (κ3) is 0.929. The Morgan fingerprint density at radius 3 is 2.71 bits per heavy atom. The van der Waals surface area contributed by atoms with Gasteiger partial charge in [0.25, 0.3) is 0 Å². The molecule has 0 fully saturated rings. The molecule has 1 rings (SSSR count). The molecule has 1 nitrogen and oxygen atoms in total. The van der Waals surface area contributed by atoms with Gasteiger partial charge in [0.05, 0.1) is 1.37 Å². The molecule has 1 N–H and O–H groups in total. The van der Waals surface area contributed by atoms with E-state index in [-0.39, 0.29) is 5.75 Å². The molecule has 0 aliphatic rings. The SMILES string of the molecule is [3H]c1cccc(O)c1. The quantitative estimate of drug-likeness (QED) is 0.517. The van der Waals surface area contributed by atoms with Crippen LogP contribution in [0, 0.1) is 0 Å². The highest BCUT2D eigenvalue weighted by Gasteiger charge is 1.74. The van der Waals surface area contributed by atoms with Crippen LogP contribution in [0.1, 0.15) is 1.37 Å². The number of hydrogen-bond acceptors (Lipinski definition) is 1. The summed E-state index contributed by atoms with van der Waals surface area (Å²) in [5.41, 5.74) is 0. The van der Waals surface area contributed by atoms with Gasteiger partial charge >= 0.3 is 0 Å². The predicted molar refractivity (Wildman–Crippen MR) is 28.1 cm³/mol. The number of aromatic hydroxyl groups is 1. The lowest BCUT2D eigenvalue weighted by atomic mass is 10.3. The fraction of sp³-hybridized carbons (Fsp3) is 0. The second-order valence-electron chi connectivity index (χ2n) is 1.26. The summed E-state index contributed by atoms with van der Waals surface area (Å²) in [5.74, 6) is 0.150. The molecule has 0 aliphatic carbocycles. The summed E-state index contributed by atoms with van der Waals surface area (Å²) in [7, 11) is 0. The van der Waals surface area contributed by atoms with E-state index in [1.807, 2.05) is 0 Å². The first kappa shape index (κ1) is 3.08. The summed E-state index contributed by atoms with van der Waals surface area (Å²) in [6, 6.07) is 6.51. The molecule has 0 aromatic heterocycles. The van der Waals surface area contributed by atoms with Gasteiger partial charge in [0.15, 0.2) is 0 Å². The van der Waals surface area contributed by atoms with Crippen LogP contribution in [0.2, 0.25) is 0 Å². The molecule has 0 radical (unpaired) electrons. The van der Waals surface area contributed by atoms with Gasteiger partial charge in [-0.2, -0.15) is 0 Å². The Morgan fingerprint density at radius 1 is 1.43 bits per heavy atom. The normalized spacial score (nSPS) is 10.6. The molecule has 7 heavy (non-hydrogen) atoms. The van der Waals surface area contributed by atoms with Crippen molar-refractivity contribution in [2.75, 3.05) is 0 Å². The van der Waals surface area contributed by atoms with Gasteiger partial charge in [-0.05, 0) is 12.1 Å². The van der Waals surface area contributed by atoms with E-state index >= 15 is 0 Å². The molecule has 0 bridgehead atoms. The molecule has 0 unspecified atom stereocenters. The van der Waals surface area contributed by atoms with Gasteiger partial charge in [-0.25, -0.2) is 0 Å². The van der Waals surface area contributed by atoms with Crippen molar-refractivity contribution in [1.29, 1.82) is 0 Å². The first-order valence-corrected chi connectivity index (χ1v) is 2.04. The van der Waals surface area contributed by atoms with E-state index in [2.05, 4.69) is 0 Å². The highest BCUT2D eigenvalue weighted by Crippen LogP contribution is 2.02. The van der Waals surface area contributed by atoms with E-state index in [1.54, 1.807) is 12.1 Å². The molecule has 0 heterocycles. The van der Waals surface area contributed by atoms with Crippen molar-refractivity contribution in [2.24, 2.45) is 0 Å². The minimum atomic E-state index is 0.150. The summed E-state index contributed by atoms with van der Waals surface area (Å²) in [5, 5.41) is 8.69. The van der Waals surface area contributed by atoms with E-state index in [9.17, 15) is 0 Å².